The lowest BCUT2D eigenvalue weighted by Crippen LogP contribution is -2.49. The minimum Gasteiger partial charge on any atom is -0.340 e. The molecule has 0 aromatic carbocycles. The van der Waals surface area contributed by atoms with Gasteiger partial charge in [-0.05, 0) is 37.7 Å². The second-order valence-corrected chi connectivity index (χ2v) is 10.4. The second-order valence-electron chi connectivity index (χ2n) is 8.01. The molecule has 0 radical (unpaired) electrons. The molecular weight excluding hydrogens is 412 g/mol. The summed E-state index contributed by atoms with van der Waals surface area (Å²) in [5, 5.41) is 0. The summed E-state index contributed by atoms with van der Waals surface area (Å²) in [6.07, 6.45) is 2.46. The van der Waals surface area contributed by atoms with E-state index in [2.05, 4.69) is 24.2 Å². The highest BCUT2D eigenvalue weighted by molar-refractivity contribution is 7.94. The summed E-state index contributed by atoms with van der Waals surface area (Å²) in [5.41, 5.74) is 1.29. The molecule has 0 aliphatic carbocycles. The summed E-state index contributed by atoms with van der Waals surface area (Å²) >= 11 is 0. The third-order valence-corrected chi connectivity index (χ3v) is 7.90. The third-order valence-electron chi connectivity index (χ3n) is 5.42. The number of halogens is 2. The van der Waals surface area contributed by atoms with Gasteiger partial charge in [-0.15, -0.1) is 0 Å². The normalized spacial score (nSPS) is 25.8. The maximum atomic E-state index is 13.8. The summed E-state index contributed by atoms with van der Waals surface area (Å²) in [7, 11) is -2.84. The summed E-state index contributed by atoms with van der Waals surface area (Å²) in [6, 6.07) is 2.54. The molecule has 160 valence electrons. The van der Waals surface area contributed by atoms with Crippen molar-refractivity contribution in [2.75, 3.05) is 29.5 Å². The van der Waals surface area contributed by atoms with Gasteiger partial charge in [0, 0.05) is 42.0 Å². The number of carbonyl (C=O) groups is 1. The molecule has 4 heterocycles. The molecule has 2 saturated heterocycles. The van der Waals surface area contributed by atoms with E-state index in [4.69, 9.17) is 0 Å². The van der Waals surface area contributed by atoms with Crippen LogP contribution in [0.4, 0.5) is 14.7 Å². The van der Waals surface area contributed by atoms with Crippen LogP contribution >= 0.6 is 0 Å². The SMILES string of the molecule is CCc1cc(C)nc(N2CC3CC(C2)CS(=O)(=NC(=O)c2ncc(F)cc2F)C3)n1. The molecule has 2 aromatic heterocycles. The highest BCUT2D eigenvalue weighted by atomic mass is 32.2. The van der Waals surface area contributed by atoms with Crippen LogP contribution in [0, 0.1) is 30.4 Å². The first-order chi connectivity index (χ1) is 14.2. The van der Waals surface area contributed by atoms with Crippen molar-refractivity contribution in [1.29, 1.82) is 0 Å². The van der Waals surface area contributed by atoms with E-state index in [-0.39, 0.29) is 23.3 Å². The fourth-order valence-corrected chi connectivity index (χ4v) is 6.94. The van der Waals surface area contributed by atoms with Crippen molar-refractivity contribution in [2.45, 2.75) is 26.7 Å². The van der Waals surface area contributed by atoms with Crippen LogP contribution in [-0.4, -0.2) is 49.7 Å². The first-order valence-corrected chi connectivity index (χ1v) is 11.8. The Morgan fingerprint density at radius 1 is 1.23 bits per heavy atom. The van der Waals surface area contributed by atoms with Crippen molar-refractivity contribution < 1.29 is 17.8 Å². The molecule has 1 amide bonds. The molecule has 2 bridgehead atoms. The zero-order chi connectivity index (χ0) is 21.5. The van der Waals surface area contributed by atoms with Crippen molar-refractivity contribution in [3.63, 3.8) is 0 Å². The number of rotatable bonds is 3. The molecule has 4 rings (SSSR count). The molecule has 30 heavy (non-hydrogen) atoms. The quantitative estimate of drug-likeness (QED) is 0.737. The van der Waals surface area contributed by atoms with Gasteiger partial charge in [0.1, 0.15) is 5.82 Å². The number of hydrogen-bond donors (Lipinski definition) is 0. The van der Waals surface area contributed by atoms with E-state index >= 15 is 0 Å². The number of pyridine rings is 1. The van der Waals surface area contributed by atoms with E-state index in [1.807, 2.05) is 19.9 Å². The predicted octanol–water partition coefficient (Wildman–Crippen LogP) is 2.79. The first kappa shape index (κ1) is 20.8. The molecule has 2 aromatic rings. The van der Waals surface area contributed by atoms with Gasteiger partial charge in [0.15, 0.2) is 11.5 Å². The molecule has 7 nitrogen and oxygen atoms in total. The lowest BCUT2D eigenvalue weighted by atomic mass is 9.91. The minimum absolute atomic E-state index is 0.0711. The molecule has 0 saturated carbocycles. The van der Waals surface area contributed by atoms with Gasteiger partial charge in [-0.3, -0.25) is 4.79 Å². The van der Waals surface area contributed by atoms with Crippen LogP contribution in [0.1, 0.15) is 35.2 Å². The highest BCUT2D eigenvalue weighted by Gasteiger charge is 2.38. The lowest BCUT2D eigenvalue weighted by molar-refractivity contribution is 0.0995. The number of aryl methyl sites for hydroxylation is 2. The van der Waals surface area contributed by atoms with Crippen molar-refractivity contribution in [3.05, 3.63) is 47.0 Å². The highest BCUT2D eigenvalue weighted by Crippen LogP contribution is 2.33. The molecule has 0 spiro atoms. The maximum absolute atomic E-state index is 13.8. The number of aromatic nitrogens is 3. The van der Waals surface area contributed by atoms with Crippen LogP contribution in [0.2, 0.25) is 0 Å². The molecule has 2 atom stereocenters. The van der Waals surface area contributed by atoms with Gasteiger partial charge in [0.2, 0.25) is 5.95 Å². The molecule has 2 aliphatic heterocycles. The Hall–Kier alpha value is -2.49. The molecule has 2 fully saturated rings. The van der Waals surface area contributed by atoms with E-state index in [9.17, 15) is 17.8 Å². The van der Waals surface area contributed by atoms with Crippen LogP contribution in [0.15, 0.2) is 22.7 Å². The molecule has 2 unspecified atom stereocenters. The van der Waals surface area contributed by atoms with Crippen LogP contribution in [0.5, 0.6) is 0 Å². The second kappa shape index (κ2) is 7.98. The van der Waals surface area contributed by atoms with Crippen LogP contribution in [-0.2, 0) is 16.1 Å². The Kier molecular flexibility index (Phi) is 5.52. The van der Waals surface area contributed by atoms with Crippen molar-refractivity contribution >= 4 is 21.6 Å². The standard InChI is InChI=1S/C20H23F2N5O2S/c1-3-16-4-12(2)24-20(25-16)27-8-13-5-14(9-27)11-30(29,10-13)26-19(28)18-17(22)6-15(21)7-23-18/h4,6-7,13-14H,3,5,8-11H2,1-2H3. The van der Waals surface area contributed by atoms with Crippen molar-refractivity contribution in [1.82, 2.24) is 15.0 Å². The number of hydrogen-bond acceptors (Lipinski definition) is 6. The van der Waals surface area contributed by atoms with E-state index < -0.39 is 33.0 Å². The molecule has 2 aliphatic rings. The van der Waals surface area contributed by atoms with Crippen molar-refractivity contribution in [2.24, 2.45) is 16.2 Å². The fraction of sp³-hybridized carbons (Fsp3) is 0.500. The Morgan fingerprint density at radius 3 is 2.57 bits per heavy atom. The maximum Gasteiger partial charge on any atom is 0.306 e. The molecule has 0 N–H and O–H groups in total. The van der Waals surface area contributed by atoms with Gasteiger partial charge < -0.3 is 4.90 Å². The summed E-state index contributed by atoms with van der Waals surface area (Å²) < 4.78 is 44.1. The molecule has 10 heteroatoms. The number of carbonyl (C=O) groups excluding carboxylic acids is 1. The number of nitrogens with zero attached hydrogens (tertiary/aromatic N) is 5. The zero-order valence-electron chi connectivity index (χ0n) is 16.8. The average Bonchev–Trinajstić information content (AvgIpc) is 2.66. The number of amides is 1. The van der Waals surface area contributed by atoms with Gasteiger partial charge in [-0.25, -0.2) is 27.9 Å². The van der Waals surface area contributed by atoms with Crippen LogP contribution < -0.4 is 4.90 Å². The topological polar surface area (TPSA) is 88.4 Å². The van der Waals surface area contributed by atoms with Gasteiger partial charge in [-0.2, -0.15) is 4.36 Å². The smallest absolute Gasteiger partial charge is 0.306 e. The largest absolute Gasteiger partial charge is 0.340 e. The number of anilines is 1. The number of piperidine rings is 1. The van der Waals surface area contributed by atoms with Gasteiger partial charge in [-0.1, -0.05) is 6.92 Å². The van der Waals surface area contributed by atoms with Gasteiger partial charge >= 0.3 is 5.91 Å². The summed E-state index contributed by atoms with van der Waals surface area (Å²) in [4.78, 5) is 27.1. The summed E-state index contributed by atoms with van der Waals surface area (Å²) in [6.45, 7) is 5.25. The Bertz CT molecular complexity index is 1100. The Labute approximate surface area is 174 Å². The first-order valence-electron chi connectivity index (χ1n) is 9.92. The van der Waals surface area contributed by atoms with E-state index in [1.165, 1.54) is 0 Å². The Morgan fingerprint density at radius 2 is 1.93 bits per heavy atom. The van der Waals surface area contributed by atoms with Crippen molar-refractivity contribution in [3.8, 4) is 0 Å². The van der Waals surface area contributed by atoms with E-state index in [0.717, 1.165) is 30.4 Å². The van der Waals surface area contributed by atoms with Gasteiger partial charge in [0.05, 0.1) is 15.9 Å². The average molecular weight is 436 g/mol. The zero-order valence-corrected chi connectivity index (χ0v) is 17.7. The Balaban J connectivity index is 1.55. The monoisotopic (exact) mass is 435 g/mol. The van der Waals surface area contributed by atoms with Crippen LogP contribution in [0.3, 0.4) is 0 Å². The van der Waals surface area contributed by atoms with E-state index in [1.54, 1.807) is 0 Å². The number of fused-ring (bicyclic) bond motifs is 2. The summed E-state index contributed by atoms with van der Waals surface area (Å²) in [5.74, 6) is -1.66. The lowest BCUT2D eigenvalue weighted by Gasteiger charge is -2.42. The van der Waals surface area contributed by atoms with Gasteiger partial charge in [0.25, 0.3) is 0 Å². The minimum atomic E-state index is -2.84. The third kappa shape index (κ3) is 4.33. The molecular formula is C20H23F2N5O2S. The predicted molar refractivity (Wildman–Crippen MR) is 109 cm³/mol. The fourth-order valence-electron chi connectivity index (χ4n) is 4.31. The van der Waals surface area contributed by atoms with Crippen LogP contribution in [0.25, 0.3) is 0 Å². The van der Waals surface area contributed by atoms with E-state index in [0.29, 0.717) is 25.1 Å².